The van der Waals surface area contributed by atoms with Gasteiger partial charge >= 0.3 is 5.97 Å². The Morgan fingerprint density at radius 1 is 1.44 bits per heavy atom. The molecule has 25 heavy (non-hydrogen) atoms. The molecule has 2 aromatic rings. The summed E-state index contributed by atoms with van der Waals surface area (Å²) in [4.78, 5) is 23.5. The van der Waals surface area contributed by atoms with Gasteiger partial charge in [-0.3, -0.25) is 4.79 Å². The predicted molar refractivity (Wildman–Crippen MR) is 83.1 cm³/mol. The molecule has 0 radical (unpaired) electrons. The Kier molecular flexibility index (Phi) is 6.12. The highest BCUT2D eigenvalue weighted by atomic mass is 19.1. The Bertz CT molecular complexity index is 751. The summed E-state index contributed by atoms with van der Waals surface area (Å²) in [5, 5.41) is 22.5. The standard InChI is InChI=1S/C15H18FN5O4/c1-9-18-19-20-21(9)12(7-10-4-3-5-11(16)6-10)14(22)17-8-13(25-2)15(23)24/h3-6,12-13H,7-8H2,1-2H3,(H,17,22)(H,23,24). The van der Waals surface area contributed by atoms with Crippen molar-refractivity contribution in [1.82, 2.24) is 25.5 Å². The first kappa shape index (κ1) is 18.5. The molecule has 2 N–H and O–H groups in total. The van der Waals surface area contributed by atoms with Crippen LogP contribution in [0.2, 0.25) is 0 Å². The van der Waals surface area contributed by atoms with Gasteiger partial charge in [0.1, 0.15) is 17.7 Å². The number of tetrazole rings is 1. The highest BCUT2D eigenvalue weighted by Crippen LogP contribution is 2.16. The van der Waals surface area contributed by atoms with Crippen LogP contribution in [0, 0.1) is 12.7 Å². The first-order valence-electron chi connectivity index (χ1n) is 7.44. The number of rotatable bonds is 8. The van der Waals surface area contributed by atoms with Crippen molar-refractivity contribution in [2.75, 3.05) is 13.7 Å². The number of methoxy groups -OCH3 is 1. The third-order valence-corrected chi connectivity index (χ3v) is 3.59. The van der Waals surface area contributed by atoms with E-state index in [1.54, 1.807) is 13.0 Å². The molecular weight excluding hydrogens is 333 g/mol. The summed E-state index contributed by atoms with van der Waals surface area (Å²) in [6.45, 7) is 1.41. The Labute approximate surface area is 142 Å². The lowest BCUT2D eigenvalue weighted by atomic mass is 10.0. The van der Waals surface area contributed by atoms with Crippen molar-refractivity contribution >= 4 is 11.9 Å². The second kappa shape index (κ2) is 8.29. The van der Waals surface area contributed by atoms with Crippen LogP contribution in [0.15, 0.2) is 24.3 Å². The van der Waals surface area contributed by atoms with E-state index in [-0.39, 0.29) is 13.0 Å². The van der Waals surface area contributed by atoms with E-state index < -0.39 is 29.8 Å². The molecule has 0 bridgehead atoms. The fraction of sp³-hybridized carbons (Fsp3) is 0.400. The van der Waals surface area contributed by atoms with Crippen LogP contribution < -0.4 is 5.32 Å². The van der Waals surface area contributed by atoms with Crippen LogP contribution in [0.5, 0.6) is 0 Å². The van der Waals surface area contributed by atoms with E-state index in [0.29, 0.717) is 11.4 Å². The number of aliphatic carboxylic acids is 1. The van der Waals surface area contributed by atoms with Crippen LogP contribution in [0.1, 0.15) is 17.4 Å². The van der Waals surface area contributed by atoms with E-state index >= 15 is 0 Å². The average molecular weight is 351 g/mol. The first-order chi connectivity index (χ1) is 11.9. The summed E-state index contributed by atoms with van der Waals surface area (Å²) < 4.78 is 19.5. The molecule has 10 heteroatoms. The molecule has 0 fully saturated rings. The van der Waals surface area contributed by atoms with Crippen LogP contribution in [0.25, 0.3) is 0 Å². The van der Waals surface area contributed by atoms with Crippen molar-refractivity contribution in [2.45, 2.75) is 25.5 Å². The van der Waals surface area contributed by atoms with Gasteiger partial charge in [0.2, 0.25) is 5.91 Å². The zero-order valence-corrected chi connectivity index (χ0v) is 13.7. The van der Waals surface area contributed by atoms with E-state index in [0.717, 1.165) is 0 Å². The van der Waals surface area contributed by atoms with Gasteiger partial charge < -0.3 is 15.2 Å². The topological polar surface area (TPSA) is 119 Å². The van der Waals surface area contributed by atoms with E-state index in [9.17, 15) is 14.0 Å². The molecule has 0 aliphatic carbocycles. The number of ether oxygens (including phenoxy) is 1. The smallest absolute Gasteiger partial charge is 0.334 e. The number of halogens is 1. The molecule has 0 saturated carbocycles. The third kappa shape index (κ3) is 4.80. The minimum Gasteiger partial charge on any atom is -0.479 e. The number of carboxylic acid groups (broad SMARTS) is 1. The largest absolute Gasteiger partial charge is 0.479 e. The molecule has 0 spiro atoms. The lowest BCUT2D eigenvalue weighted by molar-refractivity contribution is -0.148. The molecule has 0 aliphatic rings. The minimum atomic E-state index is -1.19. The van der Waals surface area contributed by atoms with E-state index in [1.165, 1.54) is 30.0 Å². The summed E-state index contributed by atoms with van der Waals surface area (Å²) in [6, 6.07) is 4.98. The van der Waals surface area contributed by atoms with Gasteiger partial charge in [-0.25, -0.2) is 13.9 Å². The van der Waals surface area contributed by atoms with Gasteiger partial charge in [-0.2, -0.15) is 0 Å². The van der Waals surface area contributed by atoms with Gasteiger partial charge in [0.25, 0.3) is 0 Å². The zero-order valence-electron chi connectivity index (χ0n) is 13.7. The van der Waals surface area contributed by atoms with E-state index in [1.807, 2.05) is 0 Å². The summed E-state index contributed by atoms with van der Waals surface area (Å²) in [5.74, 6) is -1.71. The Hall–Kier alpha value is -2.88. The highest BCUT2D eigenvalue weighted by molar-refractivity contribution is 5.81. The minimum absolute atomic E-state index is 0.139. The quantitative estimate of drug-likeness (QED) is 0.693. The number of carboxylic acids is 1. The van der Waals surface area contributed by atoms with Crippen molar-refractivity contribution < 1.29 is 23.8 Å². The molecule has 0 aliphatic heterocycles. The Balaban J connectivity index is 2.18. The van der Waals surface area contributed by atoms with Crippen molar-refractivity contribution in [3.63, 3.8) is 0 Å². The lowest BCUT2D eigenvalue weighted by Crippen LogP contribution is -2.42. The molecule has 0 saturated heterocycles. The van der Waals surface area contributed by atoms with Crippen molar-refractivity contribution in [3.05, 3.63) is 41.5 Å². The monoisotopic (exact) mass is 351 g/mol. The van der Waals surface area contributed by atoms with Gasteiger partial charge in [0.15, 0.2) is 6.10 Å². The maximum atomic E-state index is 13.4. The molecule has 1 aromatic heterocycles. The van der Waals surface area contributed by atoms with Gasteiger partial charge in [0, 0.05) is 13.5 Å². The van der Waals surface area contributed by atoms with Crippen LogP contribution in [-0.2, 0) is 20.7 Å². The lowest BCUT2D eigenvalue weighted by Gasteiger charge is -2.19. The number of nitrogens with zero attached hydrogens (tertiary/aromatic N) is 4. The number of amides is 1. The van der Waals surface area contributed by atoms with Crippen LogP contribution >= 0.6 is 0 Å². The molecule has 2 rings (SSSR count). The van der Waals surface area contributed by atoms with E-state index in [2.05, 4.69) is 20.8 Å². The normalized spacial score (nSPS) is 13.2. The van der Waals surface area contributed by atoms with Crippen molar-refractivity contribution in [1.29, 1.82) is 0 Å². The molecule has 1 amide bonds. The van der Waals surface area contributed by atoms with Gasteiger partial charge in [-0.1, -0.05) is 12.1 Å². The first-order valence-corrected chi connectivity index (χ1v) is 7.44. The molecule has 134 valence electrons. The maximum absolute atomic E-state index is 13.4. The number of carbonyl (C=O) groups excluding carboxylic acids is 1. The third-order valence-electron chi connectivity index (χ3n) is 3.59. The van der Waals surface area contributed by atoms with E-state index in [4.69, 9.17) is 9.84 Å². The number of aryl methyl sites for hydroxylation is 1. The molecule has 9 nitrogen and oxygen atoms in total. The number of hydrogen-bond acceptors (Lipinski definition) is 6. The fourth-order valence-electron chi connectivity index (χ4n) is 2.29. The summed E-state index contributed by atoms with van der Waals surface area (Å²) in [7, 11) is 1.24. The second-order valence-electron chi connectivity index (χ2n) is 5.33. The number of nitrogens with one attached hydrogen (secondary N) is 1. The van der Waals surface area contributed by atoms with Crippen molar-refractivity contribution in [2.24, 2.45) is 0 Å². The molecular formula is C15H18FN5O4. The molecule has 2 unspecified atom stereocenters. The van der Waals surface area contributed by atoms with Gasteiger partial charge in [-0.15, -0.1) is 5.10 Å². The van der Waals surface area contributed by atoms with Gasteiger partial charge in [-0.05, 0) is 35.0 Å². The highest BCUT2D eigenvalue weighted by Gasteiger charge is 2.26. The number of hydrogen-bond donors (Lipinski definition) is 2. The maximum Gasteiger partial charge on any atom is 0.334 e. The van der Waals surface area contributed by atoms with Crippen LogP contribution in [0.4, 0.5) is 4.39 Å². The molecule has 1 aromatic carbocycles. The van der Waals surface area contributed by atoms with Crippen molar-refractivity contribution in [3.8, 4) is 0 Å². The Morgan fingerprint density at radius 2 is 2.20 bits per heavy atom. The zero-order chi connectivity index (χ0) is 18.4. The molecule has 1 heterocycles. The molecule has 2 atom stereocenters. The fourth-order valence-corrected chi connectivity index (χ4v) is 2.29. The summed E-state index contributed by atoms with van der Waals surface area (Å²) in [6.07, 6.45) is -1.03. The summed E-state index contributed by atoms with van der Waals surface area (Å²) in [5.41, 5.74) is 0.580. The number of aromatic nitrogens is 4. The predicted octanol–water partition coefficient (Wildman–Crippen LogP) is 0.120. The second-order valence-corrected chi connectivity index (χ2v) is 5.33. The Morgan fingerprint density at radius 3 is 2.76 bits per heavy atom. The number of benzene rings is 1. The summed E-state index contributed by atoms with van der Waals surface area (Å²) >= 11 is 0. The van der Waals surface area contributed by atoms with Crippen LogP contribution in [0.3, 0.4) is 0 Å². The average Bonchev–Trinajstić information content (AvgIpc) is 2.98. The van der Waals surface area contributed by atoms with Gasteiger partial charge in [0.05, 0.1) is 6.54 Å². The van der Waals surface area contributed by atoms with Crippen LogP contribution in [-0.4, -0.2) is 56.9 Å². The SMILES string of the molecule is COC(CNC(=O)C(Cc1cccc(F)c1)n1nnnc1C)C(=O)O. The number of carbonyl (C=O) groups is 2.